The summed E-state index contributed by atoms with van der Waals surface area (Å²) in [4.78, 5) is 34.5. The van der Waals surface area contributed by atoms with Crippen molar-refractivity contribution in [2.75, 3.05) is 31.1 Å². The predicted molar refractivity (Wildman–Crippen MR) is 84.2 cm³/mol. The number of carbonyl (C=O) groups excluding carboxylic acids is 1. The molecule has 1 N–H and O–H groups in total. The first-order chi connectivity index (χ1) is 10.6. The van der Waals surface area contributed by atoms with E-state index in [1.165, 1.54) is 0 Å². The zero-order valence-electron chi connectivity index (χ0n) is 12.5. The maximum Gasteiger partial charge on any atom is 0.255 e. The average Bonchev–Trinajstić information content (AvgIpc) is 2.55. The lowest BCUT2D eigenvalue weighted by Crippen LogP contribution is -2.49. The molecule has 114 valence electrons. The van der Waals surface area contributed by atoms with Crippen LogP contribution in [0.3, 0.4) is 0 Å². The highest BCUT2D eigenvalue weighted by atomic mass is 16.2. The summed E-state index contributed by atoms with van der Waals surface area (Å²) in [7, 11) is 0. The van der Waals surface area contributed by atoms with Gasteiger partial charge in [-0.25, -0.2) is 0 Å². The quantitative estimate of drug-likeness (QED) is 0.899. The van der Waals surface area contributed by atoms with E-state index in [0.717, 1.165) is 11.3 Å². The van der Waals surface area contributed by atoms with Crippen molar-refractivity contribution in [2.24, 2.45) is 0 Å². The summed E-state index contributed by atoms with van der Waals surface area (Å²) in [6, 6.07) is 5.31. The number of hydrogen-bond donors (Lipinski definition) is 1. The molecule has 0 radical (unpaired) electrons. The Morgan fingerprint density at radius 1 is 1.23 bits per heavy atom. The topological polar surface area (TPSA) is 69.3 Å². The number of pyridine rings is 2. The van der Waals surface area contributed by atoms with Crippen LogP contribution in [0.1, 0.15) is 15.9 Å². The molecular weight excluding hydrogens is 280 g/mol. The molecule has 3 heterocycles. The third kappa shape index (κ3) is 2.86. The standard InChI is InChI=1S/C16H18N4O2/c1-12-2-4-17-11-14(12)16(22)20-8-6-19(7-9-20)13-3-5-18-15(21)10-13/h2-5,10-11H,6-9H2,1H3,(H,18,21). The van der Waals surface area contributed by atoms with E-state index in [2.05, 4.69) is 14.9 Å². The number of piperazine rings is 1. The van der Waals surface area contributed by atoms with Gasteiger partial charge >= 0.3 is 0 Å². The third-order valence-corrected chi connectivity index (χ3v) is 3.96. The molecule has 22 heavy (non-hydrogen) atoms. The molecule has 0 aromatic carbocycles. The first-order valence-electron chi connectivity index (χ1n) is 7.29. The largest absolute Gasteiger partial charge is 0.368 e. The summed E-state index contributed by atoms with van der Waals surface area (Å²) in [5.41, 5.74) is 2.39. The van der Waals surface area contributed by atoms with Gasteiger partial charge in [0.25, 0.3) is 5.91 Å². The van der Waals surface area contributed by atoms with Crippen molar-refractivity contribution in [1.29, 1.82) is 0 Å². The van der Waals surface area contributed by atoms with E-state index in [1.807, 2.05) is 24.0 Å². The first-order valence-corrected chi connectivity index (χ1v) is 7.29. The molecule has 1 aliphatic heterocycles. The van der Waals surface area contributed by atoms with Gasteiger partial charge in [-0.1, -0.05) is 0 Å². The van der Waals surface area contributed by atoms with E-state index in [1.54, 1.807) is 24.7 Å². The molecule has 1 aliphatic rings. The van der Waals surface area contributed by atoms with Crippen LogP contribution in [0.4, 0.5) is 5.69 Å². The highest BCUT2D eigenvalue weighted by molar-refractivity contribution is 5.95. The summed E-state index contributed by atoms with van der Waals surface area (Å²) in [5, 5.41) is 0. The highest BCUT2D eigenvalue weighted by Gasteiger charge is 2.23. The van der Waals surface area contributed by atoms with Crippen LogP contribution < -0.4 is 10.5 Å². The molecule has 6 heteroatoms. The van der Waals surface area contributed by atoms with Crippen LogP contribution in [-0.4, -0.2) is 47.0 Å². The van der Waals surface area contributed by atoms with Crippen molar-refractivity contribution in [3.63, 3.8) is 0 Å². The van der Waals surface area contributed by atoms with Gasteiger partial charge in [-0.15, -0.1) is 0 Å². The Labute approximate surface area is 128 Å². The van der Waals surface area contributed by atoms with Gasteiger partial charge < -0.3 is 14.8 Å². The summed E-state index contributed by atoms with van der Waals surface area (Å²) in [6.45, 7) is 4.63. The molecule has 0 spiro atoms. The van der Waals surface area contributed by atoms with Crippen molar-refractivity contribution in [3.05, 3.63) is 58.3 Å². The Kier molecular flexibility index (Phi) is 3.91. The van der Waals surface area contributed by atoms with Crippen LogP contribution in [-0.2, 0) is 0 Å². The SMILES string of the molecule is Cc1ccncc1C(=O)N1CCN(c2cc[nH]c(=O)c2)CC1. The Morgan fingerprint density at radius 2 is 2.00 bits per heavy atom. The number of anilines is 1. The number of aryl methyl sites for hydroxylation is 1. The van der Waals surface area contributed by atoms with Crippen molar-refractivity contribution in [1.82, 2.24) is 14.9 Å². The van der Waals surface area contributed by atoms with Gasteiger partial charge in [0.05, 0.1) is 5.56 Å². The van der Waals surface area contributed by atoms with E-state index in [9.17, 15) is 9.59 Å². The van der Waals surface area contributed by atoms with Crippen molar-refractivity contribution < 1.29 is 4.79 Å². The minimum absolute atomic E-state index is 0.0242. The number of aromatic amines is 1. The number of H-pyrrole nitrogens is 1. The summed E-state index contributed by atoms with van der Waals surface area (Å²) < 4.78 is 0. The molecule has 2 aromatic heterocycles. The fourth-order valence-corrected chi connectivity index (χ4v) is 2.66. The van der Waals surface area contributed by atoms with Crippen LogP contribution in [0.25, 0.3) is 0 Å². The molecule has 1 amide bonds. The smallest absolute Gasteiger partial charge is 0.255 e. The molecule has 3 rings (SSSR count). The molecule has 0 saturated carbocycles. The van der Waals surface area contributed by atoms with E-state index in [-0.39, 0.29) is 11.5 Å². The van der Waals surface area contributed by atoms with Crippen LogP contribution in [0, 0.1) is 6.92 Å². The fourth-order valence-electron chi connectivity index (χ4n) is 2.66. The van der Waals surface area contributed by atoms with Gasteiger partial charge in [0, 0.05) is 56.5 Å². The van der Waals surface area contributed by atoms with E-state index >= 15 is 0 Å². The first kappa shape index (κ1) is 14.3. The fraction of sp³-hybridized carbons (Fsp3) is 0.312. The van der Waals surface area contributed by atoms with E-state index < -0.39 is 0 Å². The number of nitrogens with one attached hydrogen (secondary N) is 1. The van der Waals surface area contributed by atoms with Gasteiger partial charge in [-0.2, -0.15) is 0 Å². The second-order valence-corrected chi connectivity index (χ2v) is 5.38. The Balaban J connectivity index is 1.68. The van der Waals surface area contributed by atoms with Crippen molar-refractivity contribution in [3.8, 4) is 0 Å². The van der Waals surface area contributed by atoms with E-state index in [0.29, 0.717) is 31.7 Å². The molecule has 0 bridgehead atoms. The zero-order chi connectivity index (χ0) is 15.5. The molecular formula is C16H18N4O2. The number of hydrogen-bond acceptors (Lipinski definition) is 4. The number of aromatic nitrogens is 2. The minimum atomic E-state index is -0.109. The zero-order valence-corrected chi connectivity index (χ0v) is 12.5. The second-order valence-electron chi connectivity index (χ2n) is 5.38. The maximum absolute atomic E-state index is 12.5. The Hall–Kier alpha value is -2.63. The summed E-state index contributed by atoms with van der Waals surface area (Å²) >= 11 is 0. The number of amides is 1. The molecule has 0 atom stereocenters. The summed E-state index contributed by atoms with van der Waals surface area (Å²) in [5.74, 6) is 0.0242. The summed E-state index contributed by atoms with van der Waals surface area (Å²) in [6.07, 6.45) is 4.96. The van der Waals surface area contributed by atoms with Gasteiger partial charge in [0.1, 0.15) is 0 Å². The Morgan fingerprint density at radius 3 is 2.68 bits per heavy atom. The lowest BCUT2D eigenvalue weighted by Gasteiger charge is -2.36. The second kappa shape index (κ2) is 6.01. The van der Waals surface area contributed by atoms with Gasteiger partial charge in [0.2, 0.25) is 5.56 Å². The monoisotopic (exact) mass is 298 g/mol. The van der Waals surface area contributed by atoms with Crippen LogP contribution in [0.15, 0.2) is 41.6 Å². The molecule has 1 saturated heterocycles. The van der Waals surface area contributed by atoms with Crippen LogP contribution in [0.5, 0.6) is 0 Å². The molecule has 6 nitrogen and oxygen atoms in total. The van der Waals surface area contributed by atoms with Crippen molar-refractivity contribution >= 4 is 11.6 Å². The van der Waals surface area contributed by atoms with Crippen LogP contribution in [0.2, 0.25) is 0 Å². The third-order valence-electron chi connectivity index (χ3n) is 3.96. The number of carbonyl (C=O) groups is 1. The Bertz CT molecular complexity index is 733. The van der Waals surface area contributed by atoms with Gasteiger partial charge in [0.15, 0.2) is 0 Å². The molecule has 0 unspecified atom stereocenters. The molecule has 1 fully saturated rings. The number of nitrogens with zero attached hydrogens (tertiary/aromatic N) is 3. The minimum Gasteiger partial charge on any atom is -0.368 e. The average molecular weight is 298 g/mol. The molecule has 2 aromatic rings. The predicted octanol–water partition coefficient (Wildman–Crippen LogP) is 1.04. The maximum atomic E-state index is 12.5. The van der Waals surface area contributed by atoms with Gasteiger partial charge in [-0.05, 0) is 24.6 Å². The van der Waals surface area contributed by atoms with Gasteiger partial charge in [-0.3, -0.25) is 14.6 Å². The normalized spacial score (nSPS) is 15.0. The lowest BCUT2D eigenvalue weighted by molar-refractivity contribution is 0.0745. The number of rotatable bonds is 2. The lowest BCUT2D eigenvalue weighted by atomic mass is 10.1. The van der Waals surface area contributed by atoms with Crippen molar-refractivity contribution in [2.45, 2.75) is 6.92 Å². The van der Waals surface area contributed by atoms with E-state index in [4.69, 9.17) is 0 Å². The highest BCUT2D eigenvalue weighted by Crippen LogP contribution is 2.16. The molecule has 0 aliphatic carbocycles. The van der Waals surface area contributed by atoms with Crippen LogP contribution >= 0.6 is 0 Å².